The highest BCUT2D eigenvalue weighted by Gasteiger charge is 2.41. The standard InChI is InChI=1S/C35H32BrN7/c1-4-41(5-2)27-20-18-26(19-21-27)37-33-35-39-34-31(23(3)40-43(34)28-14-7-6-8-15-28)32(24-12-11-13-25(36)22-24)42(35)30-17-10-9-16-29(30)38-33/h6-22,32H,4-5H2,1-3H3,(H,37,38)/t32-/m0/s1. The van der Waals surface area contributed by atoms with Gasteiger partial charge in [-0.2, -0.15) is 5.10 Å². The summed E-state index contributed by atoms with van der Waals surface area (Å²) < 4.78 is 2.98. The zero-order valence-electron chi connectivity index (χ0n) is 24.4. The molecule has 1 N–H and O–H groups in total. The number of anilines is 3. The van der Waals surface area contributed by atoms with Gasteiger partial charge in [0.05, 0.1) is 28.8 Å². The molecule has 4 aromatic carbocycles. The van der Waals surface area contributed by atoms with Gasteiger partial charge in [0.1, 0.15) is 0 Å². The lowest BCUT2D eigenvalue weighted by Gasteiger charge is -2.40. The number of fused-ring (bicyclic) bond motifs is 4. The van der Waals surface area contributed by atoms with Crippen LogP contribution in [0.3, 0.4) is 0 Å². The van der Waals surface area contributed by atoms with Crippen LogP contribution < -0.4 is 15.1 Å². The van der Waals surface area contributed by atoms with Crippen molar-refractivity contribution in [2.75, 3.05) is 28.2 Å². The quantitative estimate of drug-likeness (QED) is 0.204. The first-order valence-corrected chi connectivity index (χ1v) is 15.4. The molecule has 0 saturated heterocycles. The van der Waals surface area contributed by atoms with Gasteiger partial charge in [-0.3, -0.25) is 0 Å². The summed E-state index contributed by atoms with van der Waals surface area (Å²) in [5, 5.41) is 8.66. The molecular weight excluding hydrogens is 598 g/mol. The fourth-order valence-corrected chi connectivity index (χ4v) is 6.44. The van der Waals surface area contributed by atoms with Crippen molar-refractivity contribution in [1.82, 2.24) is 9.78 Å². The number of halogens is 1. The maximum Gasteiger partial charge on any atom is 0.179 e. The van der Waals surface area contributed by atoms with Crippen LogP contribution in [-0.4, -0.2) is 34.5 Å². The number of aliphatic imine (C=N–C) groups is 2. The highest BCUT2D eigenvalue weighted by Crippen LogP contribution is 2.48. The Labute approximate surface area is 260 Å². The van der Waals surface area contributed by atoms with Crippen molar-refractivity contribution in [3.8, 4) is 5.69 Å². The number of amidine groups is 2. The molecule has 7 rings (SSSR count). The Morgan fingerprint density at radius 1 is 0.837 bits per heavy atom. The van der Waals surface area contributed by atoms with E-state index in [-0.39, 0.29) is 6.04 Å². The van der Waals surface area contributed by atoms with Gasteiger partial charge in [0.15, 0.2) is 17.5 Å². The van der Waals surface area contributed by atoms with E-state index in [1.165, 1.54) is 5.69 Å². The van der Waals surface area contributed by atoms with E-state index < -0.39 is 0 Å². The molecule has 0 unspecified atom stereocenters. The summed E-state index contributed by atoms with van der Waals surface area (Å²) in [6.45, 7) is 8.36. The summed E-state index contributed by atoms with van der Waals surface area (Å²) >= 11 is 3.72. The number of nitrogens with one attached hydrogen (secondary N) is 1. The van der Waals surface area contributed by atoms with Crippen LogP contribution in [0.1, 0.15) is 36.7 Å². The SMILES string of the molecule is CCN(CC)c1ccc(NC2=Nc3ccccc3N3C2=Nc2c(c(C)nn2-c2ccccc2)[C@@H]3c2cccc(Br)c2)cc1. The van der Waals surface area contributed by atoms with E-state index in [1.54, 1.807) is 0 Å². The normalized spacial score (nSPS) is 15.2. The predicted molar refractivity (Wildman–Crippen MR) is 181 cm³/mol. The number of hydrogen-bond acceptors (Lipinski definition) is 6. The molecule has 43 heavy (non-hydrogen) atoms. The highest BCUT2D eigenvalue weighted by molar-refractivity contribution is 9.10. The van der Waals surface area contributed by atoms with Gasteiger partial charge < -0.3 is 15.1 Å². The Hall–Kier alpha value is -4.69. The van der Waals surface area contributed by atoms with E-state index in [9.17, 15) is 0 Å². The second kappa shape index (κ2) is 11.2. The van der Waals surface area contributed by atoms with E-state index in [2.05, 4.69) is 131 Å². The number of hydrogen-bond donors (Lipinski definition) is 1. The second-order valence-corrected chi connectivity index (χ2v) is 11.5. The number of aromatic nitrogens is 2. The molecule has 1 atom stereocenters. The van der Waals surface area contributed by atoms with Crippen LogP contribution in [0.5, 0.6) is 0 Å². The average Bonchev–Trinajstić information content (AvgIpc) is 3.37. The first-order valence-electron chi connectivity index (χ1n) is 14.6. The van der Waals surface area contributed by atoms with Crippen LogP contribution in [0.4, 0.5) is 28.6 Å². The Morgan fingerprint density at radius 3 is 2.33 bits per heavy atom. The van der Waals surface area contributed by atoms with Crippen LogP contribution in [-0.2, 0) is 0 Å². The van der Waals surface area contributed by atoms with Crippen molar-refractivity contribution in [3.05, 3.63) is 124 Å². The summed E-state index contributed by atoms with van der Waals surface area (Å²) in [6.07, 6.45) is 0. The maximum absolute atomic E-state index is 5.34. The highest BCUT2D eigenvalue weighted by atomic mass is 79.9. The maximum atomic E-state index is 5.34. The Kier molecular flexibility index (Phi) is 7.07. The fraction of sp³-hybridized carbons (Fsp3) is 0.171. The minimum atomic E-state index is -0.170. The monoisotopic (exact) mass is 629 g/mol. The van der Waals surface area contributed by atoms with Gasteiger partial charge in [0.2, 0.25) is 0 Å². The summed E-state index contributed by atoms with van der Waals surface area (Å²) in [5.74, 6) is 2.25. The lowest BCUT2D eigenvalue weighted by Crippen LogP contribution is -2.46. The molecular formula is C35H32BrN7. The third-order valence-corrected chi connectivity index (χ3v) is 8.56. The molecule has 2 aliphatic rings. The van der Waals surface area contributed by atoms with Crippen LogP contribution in [0, 0.1) is 6.92 Å². The number of nitrogens with zero attached hydrogens (tertiary/aromatic N) is 6. The molecule has 0 amide bonds. The van der Waals surface area contributed by atoms with Crippen LogP contribution in [0.2, 0.25) is 0 Å². The third kappa shape index (κ3) is 4.81. The Bertz CT molecular complexity index is 1850. The average molecular weight is 631 g/mol. The number of benzene rings is 4. The molecule has 0 radical (unpaired) electrons. The number of rotatable bonds is 6. The summed E-state index contributed by atoms with van der Waals surface area (Å²) in [5.41, 5.74) is 8.16. The second-order valence-electron chi connectivity index (χ2n) is 10.6. The van der Waals surface area contributed by atoms with Gasteiger partial charge in [0, 0.05) is 34.5 Å². The van der Waals surface area contributed by atoms with Crippen molar-refractivity contribution in [2.24, 2.45) is 9.98 Å². The van der Waals surface area contributed by atoms with Crippen molar-refractivity contribution in [3.63, 3.8) is 0 Å². The number of para-hydroxylation sites is 3. The van der Waals surface area contributed by atoms with Gasteiger partial charge in [-0.1, -0.05) is 58.4 Å². The third-order valence-electron chi connectivity index (χ3n) is 8.06. The van der Waals surface area contributed by atoms with E-state index in [4.69, 9.17) is 15.1 Å². The van der Waals surface area contributed by atoms with Gasteiger partial charge >= 0.3 is 0 Å². The molecule has 0 fully saturated rings. The summed E-state index contributed by atoms with van der Waals surface area (Å²) in [6, 6.07) is 35.3. The first kappa shape index (κ1) is 27.2. The van der Waals surface area contributed by atoms with Gasteiger partial charge in [-0.15, -0.1) is 0 Å². The van der Waals surface area contributed by atoms with Gasteiger partial charge in [-0.05, 0) is 87.0 Å². The molecule has 0 spiro atoms. The zero-order valence-corrected chi connectivity index (χ0v) is 26.0. The minimum absolute atomic E-state index is 0.170. The van der Waals surface area contributed by atoms with E-state index >= 15 is 0 Å². The fourth-order valence-electron chi connectivity index (χ4n) is 6.02. The van der Waals surface area contributed by atoms with E-state index in [1.807, 2.05) is 28.9 Å². The van der Waals surface area contributed by atoms with Gasteiger partial charge in [-0.25, -0.2) is 14.7 Å². The Morgan fingerprint density at radius 2 is 1.58 bits per heavy atom. The molecule has 5 aromatic rings. The van der Waals surface area contributed by atoms with Crippen molar-refractivity contribution < 1.29 is 0 Å². The molecule has 214 valence electrons. The van der Waals surface area contributed by atoms with Crippen molar-refractivity contribution in [1.29, 1.82) is 0 Å². The van der Waals surface area contributed by atoms with E-state index in [0.717, 1.165) is 68.8 Å². The minimum Gasteiger partial charge on any atom is -0.372 e. The lowest BCUT2D eigenvalue weighted by molar-refractivity contribution is 0.815. The first-order chi connectivity index (χ1) is 21.1. The summed E-state index contributed by atoms with van der Waals surface area (Å²) in [4.78, 5) is 15.1. The van der Waals surface area contributed by atoms with Crippen LogP contribution in [0.25, 0.3) is 5.69 Å². The summed E-state index contributed by atoms with van der Waals surface area (Å²) in [7, 11) is 0. The topological polar surface area (TPSA) is 61.0 Å². The largest absolute Gasteiger partial charge is 0.372 e. The molecule has 0 bridgehead atoms. The van der Waals surface area contributed by atoms with Crippen molar-refractivity contribution >= 4 is 56.2 Å². The molecule has 1 aromatic heterocycles. The molecule has 2 aliphatic heterocycles. The van der Waals surface area contributed by atoms with Crippen LogP contribution >= 0.6 is 15.9 Å². The molecule has 8 heteroatoms. The molecule has 0 aliphatic carbocycles. The van der Waals surface area contributed by atoms with Gasteiger partial charge in [0.25, 0.3) is 0 Å². The van der Waals surface area contributed by atoms with Crippen molar-refractivity contribution in [2.45, 2.75) is 26.8 Å². The Balaban J connectivity index is 1.42. The lowest BCUT2D eigenvalue weighted by atomic mass is 9.93. The zero-order chi connectivity index (χ0) is 29.5. The molecule has 0 saturated carbocycles. The predicted octanol–water partition coefficient (Wildman–Crippen LogP) is 8.58. The molecule has 7 nitrogen and oxygen atoms in total. The molecule has 3 heterocycles. The van der Waals surface area contributed by atoms with Crippen LogP contribution in [0.15, 0.2) is 118 Å². The number of aryl methyl sites for hydroxylation is 1. The smallest absolute Gasteiger partial charge is 0.179 e. The van der Waals surface area contributed by atoms with E-state index in [0.29, 0.717) is 5.84 Å².